The number of halogens is 3. The lowest BCUT2D eigenvalue weighted by Gasteiger charge is -2.09. The molecule has 0 saturated carbocycles. The van der Waals surface area contributed by atoms with Gasteiger partial charge in [-0.25, -0.2) is 4.68 Å². The molecule has 0 radical (unpaired) electrons. The first kappa shape index (κ1) is 18.6. The molecule has 0 aliphatic rings. The van der Waals surface area contributed by atoms with E-state index < -0.39 is 12.6 Å². The number of hydrogen-bond acceptors (Lipinski definition) is 3. The molecule has 3 heterocycles. The summed E-state index contributed by atoms with van der Waals surface area (Å²) in [6.45, 7) is 4.43. The summed E-state index contributed by atoms with van der Waals surface area (Å²) in [5, 5.41) is 4.59. The Balaban J connectivity index is 1.73. The molecule has 0 aliphatic heterocycles. The highest BCUT2D eigenvalue weighted by Gasteiger charge is 2.26. The molecule has 3 rings (SSSR count). The summed E-state index contributed by atoms with van der Waals surface area (Å²) >= 11 is 1.32. The van der Waals surface area contributed by atoms with Crippen molar-refractivity contribution in [2.24, 2.45) is 0 Å². The van der Waals surface area contributed by atoms with Crippen LogP contribution in [0.15, 0.2) is 49.4 Å². The highest BCUT2D eigenvalue weighted by atomic mass is 32.2. The molecule has 0 saturated heterocycles. The minimum Gasteiger partial charge on any atom is -0.338 e. The molecule has 0 unspecified atom stereocenters. The largest absolute Gasteiger partial charge is 0.389 e. The fraction of sp³-hybridized carbons (Fsp3) is 0.333. The second kappa shape index (κ2) is 7.99. The lowest BCUT2D eigenvalue weighted by Crippen LogP contribution is -2.09. The van der Waals surface area contributed by atoms with E-state index >= 15 is 0 Å². The lowest BCUT2D eigenvalue weighted by molar-refractivity contribution is -0.129. The van der Waals surface area contributed by atoms with Crippen molar-refractivity contribution in [1.29, 1.82) is 0 Å². The molecule has 8 heteroatoms. The third-order valence-corrected chi connectivity index (χ3v) is 4.90. The summed E-state index contributed by atoms with van der Waals surface area (Å²) in [7, 11) is 0. The van der Waals surface area contributed by atoms with Crippen molar-refractivity contribution in [2.45, 2.75) is 25.6 Å². The number of nitrogens with zero attached hydrogens (tertiary/aromatic N) is 4. The van der Waals surface area contributed by atoms with Crippen molar-refractivity contribution in [3.63, 3.8) is 0 Å². The SMILES string of the molecule is C=CCn1c(CCSCCC(F)(F)F)cc2nn(-c3cccnc3)cc21. The second-order valence-electron chi connectivity index (χ2n) is 5.82. The van der Waals surface area contributed by atoms with Crippen molar-refractivity contribution in [3.8, 4) is 5.69 Å². The molecule has 3 aromatic heterocycles. The van der Waals surface area contributed by atoms with E-state index in [1.165, 1.54) is 11.8 Å². The number of hydrogen-bond donors (Lipinski definition) is 0. The highest BCUT2D eigenvalue weighted by molar-refractivity contribution is 7.99. The van der Waals surface area contributed by atoms with Gasteiger partial charge in [0.25, 0.3) is 0 Å². The van der Waals surface area contributed by atoms with E-state index in [0.717, 1.165) is 22.4 Å². The van der Waals surface area contributed by atoms with Gasteiger partial charge in [-0.1, -0.05) is 6.08 Å². The van der Waals surface area contributed by atoms with E-state index in [9.17, 15) is 13.2 Å². The van der Waals surface area contributed by atoms with Gasteiger partial charge in [0.2, 0.25) is 0 Å². The van der Waals surface area contributed by atoms with E-state index in [-0.39, 0.29) is 5.75 Å². The fourth-order valence-electron chi connectivity index (χ4n) is 2.72. The Kier molecular flexibility index (Phi) is 5.70. The number of rotatable bonds is 8. The molecule has 0 amide bonds. The van der Waals surface area contributed by atoms with Gasteiger partial charge in [0.1, 0.15) is 5.52 Å². The summed E-state index contributed by atoms with van der Waals surface area (Å²) in [4.78, 5) is 4.10. The number of pyridine rings is 1. The number of allylic oxidation sites excluding steroid dienone is 1. The van der Waals surface area contributed by atoms with Crippen molar-refractivity contribution in [2.75, 3.05) is 11.5 Å². The standard InChI is InChI=1S/C18H19F3N4S/c1-2-8-24-14(5-9-26-10-6-18(19,20)21)11-16-17(24)13-25(23-16)15-4-3-7-22-12-15/h2-4,7,11-13H,1,5-6,8-10H2. The lowest BCUT2D eigenvalue weighted by atomic mass is 10.3. The van der Waals surface area contributed by atoms with Crippen molar-refractivity contribution in [1.82, 2.24) is 19.3 Å². The fourth-order valence-corrected chi connectivity index (χ4v) is 3.65. The van der Waals surface area contributed by atoms with Crippen LogP contribution in [0.2, 0.25) is 0 Å². The van der Waals surface area contributed by atoms with Crippen molar-refractivity contribution < 1.29 is 13.2 Å². The molecule has 26 heavy (non-hydrogen) atoms. The van der Waals surface area contributed by atoms with Crippen LogP contribution in [0.5, 0.6) is 0 Å². The van der Waals surface area contributed by atoms with E-state index in [1.807, 2.05) is 24.4 Å². The van der Waals surface area contributed by atoms with Gasteiger partial charge in [0.15, 0.2) is 0 Å². The van der Waals surface area contributed by atoms with E-state index in [0.29, 0.717) is 18.7 Å². The third-order valence-electron chi connectivity index (χ3n) is 3.92. The third kappa shape index (κ3) is 4.49. The molecule has 0 atom stereocenters. The highest BCUT2D eigenvalue weighted by Crippen LogP contribution is 2.24. The van der Waals surface area contributed by atoms with Gasteiger partial charge in [0, 0.05) is 24.2 Å². The van der Waals surface area contributed by atoms with Crippen LogP contribution in [0.1, 0.15) is 12.1 Å². The zero-order chi connectivity index (χ0) is 18.6. The number of fused-ring (bicyclic) bond motifs is 1. The van der Waals surface area contributed by atoms with Gasteiger partial charge in [-0.15, -0.1) is 6.58 Å². The number of aryl methyl sites for hydroxylation is 1. The smallest absolute Gasteiger partial charge is 0.338 e. The average molecular weight is 380 g/mol. The van der Waals surface area contributed by atoms with Crippen LogP contribution in [-0.2, 0) is 13.0 Å². The van der Waals surface area contributed by atoms with Gasteiger partial charge in [0.05, 0.1) is 30.0 Å². The van der Waals surface area contributed by atoms with Crippen LogP contribution < -0.4 is 0 Å². The topological polar surface area (TPSA) is 35.6 Å². The molecule has 0 N–H and O–H groups in total. The van der Waals surface area contributed by atoms with Gasteiger partial charge < -0.3 is 4.57 Å². The van der Waals surface area contributed by atoms with Crippen LogP contribution in [0.25, 0.3) is 16.7 Å². The van der Waals surface area contributed by atoms with Crippen molar-refractivity contribution >= 4 is 22.8 Å². The van der Waals surface area contributed by atoms with Gasteiger partial charge >= 0.3 is 6.18 Å². The Morgan fingerprint density at radius 3 is 2.81 bits per heavy atom. The molecule has 4 nitrogen and oxygen atoms in total. The Bertz CT molecular complexity index is 868. The first-order valence-electron chi connectivity index (χ1n) is 8.21. The summed E-state index contributed by atoms with van der Waals surface area (Å²) in [5.41, 5.74) is 3.76. The Hall–Kier alpha value is -2.22. The van der Waals surface area contributed by atoms with Gasteiger partial charge in [-0.05, 0) is 30.4 Å². The Labute approximate surface area is 153 Å². The van der Waals surface area contributed by atoms with E-state index in [4.69, 9.17) is 0 Å². The maximum absolute atomic E-state index is 12.2. The predicted molar refractivity (Wildman–Crippen MR) is 98.8 cm³/mol. The second-order valence-corrected chi connectivity index (χ2v) is 7.04. The van der Waals surface area contributed by atoms with Crippen LogP contribution in [-0.4, -0.2) is 37.0 Å². The zero-order valence-corrected chi connectivity index (χ0v) is 14.9. The minimum absolute atomic E-state index is 0.0939. The summed E-state index contributed by atoms with van der Waals surface area (Å²) in [5.74, 6) is 0.735. The maximum atomic E-state index is 12.2. The normalized spacial score (nSPS) is 12.0. The van der Waals surface area contributed by atoms with Crippen molar-refractivity contribution in [3.05, 3.63) is 55.1 Å². The van der Waals surface area contributed by atoms with Crippen LogP contribution in [0.4, 0.5) is 13.2 Å². The van der Waals surface area contributed by atoms with E-state index in [1.54, 1.807) is 23.2 Å². The molecule has 138 valence electrons. The summed E-state index contributed by atoms with van der Waals surface area (Å²) in [6.07, 6.45) is 3.06. The molecule has 0 bridgehead atoms. The summed E-state index contributed by atoms with van der Waals surface area (Å²) in [6, 6.07) is 5.77. The quantitative estimate of drug-likeness (QED) is 0.422. The number of alkyl halides is 3. The molecule has 0 fully saturated rings. The molecule has 0 spiro atoms. The first-order chi connectivity index (χ1) is 12.5. The average Bonchev–Trinajstić information content (AvgIpc) is 3.14. The van der Waals surface area contributed by atoms with E-state index in [2.05, 4.69) is 21.2 Å². The number of thioether (sulfide) groups is 1. The molecular weight excluding hydrogens is 361 g/mol. The first-order valence-corrected chi connectivity index (χ1v) is 9.37. The zero-order valence-electron chi connectivity index (χ0n) is 14.1. The Morgan fingerprint density at radius 2 is 2.12 bits per heavy atom. The predicted octanol–water partition coefficient (Wildman–Crippen LogP) is 4.64. The van der Waals surface area contributed by atoms with Gasteiger partial charge in [-0.2, -0.15) is 30.0 Å². The molecule has 0 aliphatic carbocycles. The maximum Gasteiger partial charge on any atom is 0.389 e. The van der Waals surface area contributed by atoms with Crippen LogP contribution in [0.3, 0.4) is 0 Å². The van der Waals surface area contributed by atoms with Gasteiger partial charge in [-0.3, -0.25) is 4.98 Å². The Morgan fingerprint density at radius 1 is 1.27 bits per heavy atom. The molecule has 0 aromatic carbocycles. The van der Waals surface area contributed by atoms with Crippen LogP contribution >= 0.6 is 11.8 Å². The molecule has 3 aromatic rings. The monoisotopic (exact) mass is 380 g/mol. The molecular formula is C18H19F3N4S. The van der Waals surface area contributed by atoms with Crippen LogP contribution in [0, 0.1) is 0 Å². The summed E-state index contributed by atoms with van der Waals surface area (Å²) < 4.78 is 40.5. The minimum atomic E-state index is -4.08. The number of aromatic nitrogens is 4.